The fourth-order valence-corrected chi connectivity index (χ4v) is 3.78. The molecule has 184 valence electrons. The van der Waals surface area contributed by atoms with E-state index in [1.54, 1.807) is 27.3 Å². The molecule has 0 spiro atoms. The Kier molecular flexibility index (Phi) is 9.91. The van der Waals surface area contributed by atoms with E-state index in [0.29, 0.717) is 36.0 Å². The van der Waals surface area contributed by atoms with Crippen LogP contribution in [0.2, 0.25) is 0 Å². The lowest BCUT2D eigenvalue weighted by molar-refractivity contribution is 0.158. The van der Waals surface area contributed by atoms with Gasteiger partial charge in [0.15, 0.2) is 11.5 Å². The predicted molar refractivity (Wildman–Crippen MR) is 146 cm³/mol. The van der Waals surface area contributed by atoms with Crippen LogP contribution in [0.1, 0.15) is 23.6 Å². The van der Waals surface area contributed by atoms with Gasteiger partial charge in [0, 0.05) is 16.3 Å². The number of hydrogen-bond donors (Lipinski definition) is 2. The minimum absolute atomic E-state index is 0.233. The summed E-state index contributed by atoms with van der Waals surface area (Å²) in [6.45, 7) is 2.84. The van der Waals surface area contributed by atoms with Gasteiger partial charge in [-0.1, -0.05) is 30.4 Å². The van der Waals surface area contributed by atoms with Gasteiger partial charge in [0.1, 0.15) is 23.2 Å². The summed E-state index contributed by atoms with van der Waals surface area (Å²) in [5.41, 5.74) is 2.57. The van der Waals surface area contributed by atoms with Crippen molar-refractivity contribution in [3.63, 3.8) is 0 Å². The lowest BCUT2D eigenvalue weighted by Gasteiger charge is -2.15. The van der Waals surface area contributed by atoms with Gasteiger partial charge in [0.2, 0.25) is 0 Å². The number of aromatic nitrogens is 1. The summed E-state index contributed by atoms with van der Waals surface area (Å²) in [4.78, 5) is 16.5. The molecule has 2 aromatic carbocycles. The third kappa shape index (κ3) is 7.69. The van der Waals surface area contributed by atoms with E-state index in [1.165, 1.54) is 0 Å². The molecule has 0 saturated carbocycles. The number of methoxy groups -OCH3 is 2. The number of rotatable bonds is 10. The Bertz CT molecular complexity index is 1170. The highest BCUT2D eigenvalue weighted by Crippen LogP contribution is 2.29. The number of amides is 1. The number of ether oxygens (including phenoxy) is 4. The van der Waals surface area contributed by atoms with Crippen molar-refractivity contribution in [2.75, 3.05) is 26.1 Å². The molecule has 35 heavy (non-hydrogen) atoms. The SMILES string of the molecule is CCOC(=O)NC(=S)c1cc(I)cnc1NCc1ccc(OCc2ccc(OC)cc2)c(OC)c1. The predicted octanol–water partition coefficient (Wildman–Crippen LogP) is 5.32. The second-order valence-electron chi connectivity index (χ2n) is 7.20. The van der Waals surface area contributed by atoms with Crippen molar-refractivity contribution < 1.29 is 23.7 Å². The largest absolute Gasteiger partial charge is 0.497 e. The van der Waals surface area contributed by atoms with E-state index in [0.717, 1.165) is 20.4 Å². The minimum Gasteiger partial charge on any atom is -0.497 e. The molecule has 2 N–H and O–H groups in total. The number of thiocarbonyl (C=S) groups is 1. The Balaban J connectivity index is 1.67. The van der Waals surface area contributed by atoms with E-state index in [1.807, 2.05) is 48.5 Å². The molecule has 0 fully saturated rings. The van der Waals surface area contributed by atoms with Crippen LogP contribution in [0.4, 0.5) is 10.6 Å². The number of anilines is 1. The number of carbonyl (C=O) groups is 1. The molecular formula is C25H26IN3O5S. The number of alkyl carbamates (subject to hydrolysis) is 1. The molecule has 1 amide bonds. The number of benzene rings is 2. The van der Waals surface area contributed by atoms with Crippen molar-refractivity contribution >= 4 is 51.7 Å². The zero-order chi connectivity index (χ0) is 25.2. The van der Waals surface area contributed by atoms with Crippen LogP contribution in [0.5, 0.6) is 17.2 Å². The smallest absolute Gasteiger partial charge is 0.412 e. The second kappa shape index (κ2) is 13.1. The first kappa shape index (κ1) is 26.5. The first-order valence-corrected chi connectivity index (χ1v) is 12.2. The van der Waals surface area contributed by atoms with Crippen molar-refractivity contribution in [1.29, 1.82) is 0 Å². The lowest BCUT2D eigenvalue weighted by Crippen LogP contribution is -2.31. The van der Waals surface area contributed by atoms with Gasteiger partial charge in [0.05, 0.1) is 26.4 Å². The first-order chi connectivity index (χ1) is 16.9. The van der Waals surface area contributed by atoms with Gasteiger partial charge in [-0.25, -0.2) is 9.78 Å². The lowest BCUT2D eigenvalue weighted by atomic mass is 10.2. The molecule has 1 heterocycles. The van der Waals surface area contributed by atoms with Crippen molar-refractivity contribution in [3.8, 4) is 17.2 Å². The normalized spacial score (nSPS) is 10.3. The van der Waals surface area contributed by atoms with Gasteiger partial charge < -0.3 is 24.3 Å². The van der Waals surface area contributed by atoms with Gasteiger partial charge in [-0.05, 0) is 71.0 Å². The number of carbonyl (C=O) groups excluding carboxylic acids is 1. The third-order valence-electron chi connectivity index (χ3n) is 4.83. The highest BCUT2D eigenvalue weighted by molar-refractivity contribution is 14.1. The Hall–Kier alpha value is -3.12. The number of hydrogen-bond acceptors (Lipinski definition) is 8. The fourth-order valence-electron chi connectivity index (χ4n) is 3.09. The van der Waals surface area contributed by atoms with E-state index in [9.17, 15) is 4.79 Å². The third-order valence-corrected chi connectivity index (χ3v) is 5.74. The molecule has 0 bridgehead atoms. The number of nitrogens with zero attached hydrogens (tertiary/aromatic N) is 1. The zero-order valence-electron chi connectivity index (χ0n) is 19.6. The fraction of sp³-hybridized carbons (Fsp3) is 0.240. The quantitative estimate of drug-likeness (QED) is 0.237. The zero-order valence-corrected chi connectivity index (χ0v) is 22.6. The van der Waals surface area contributed by atoms with E-state index in [-0.39, 0.29) is 11.6 Å². The molecule has 0 saturated heterocycles. The highest BCUT2D eigenvalue weighted by Gasteiger charge is 2.14. The molecule has 0 aliphatic heterocycles. The first-order valence-electron chi connectivity index (χ1n) is 10.7. The van der Waals surface area contributed by atoms with Gasteiger partial charge in [-0.2, -0.15) is 0 Å². The monoisotopic (exact) mass is 607 g/mol. The van der Waals surface area contributed by atoms with Crippen LogP contribution in [0, 0.1) is 3.57 Å². The number of halogens is 1. The molecule has 8 nitrogen and oxygen atoms in total. The summed E-state index contributed by atoms with van der Waals surface area (Å²) >= 11 is 7.53. The van der Waals surface area contributed by atoms with Crippen LogP contribution in [0.25, 0.3) is 0 Å². The minimum atomic E-state index is -0.600. The Labute approximate surface area is 223 Å². The van der Waals surface area contributed by atoms with Gasteiger partial charge in [-0.15, -0.1) is 0 Å². The molecule has 0 atom stereocenters. The average Bonchev–Trinajstić information content (AvgIpc) is 2.87. The maximum absolute atomic E-state index is 11.8. The van der Waals surface area contributed by atoms with Crippen molar-refractivity contribution in [2.24, 2.45) is 0 Å². The van der Waals surface area contributed by atoms with Crippen LogP contribution in [0.15, 0.2) is 54.7 Å². The van der Waals surface area contributed by atoms with Crippen LogP contribution in [-0.2, 0) is 17.9 Å². The summed E-state index contributed by atoms with van der Waals surface area (Å²) in [6.07, 6.45) is 1.12. The summed E-state index contributed by atoms with van der Waals surface area (Å²) in [7, 11) is 3.24. The summed E-state index contributed by atoms with van der Waals surface area (Å²) < 4.78 is 22.5. The molecular weight excluding hydrogens is 581 g/mol. The molecule has 0 radical (unpaired) electrons. The molecule has 3 rings (SSSR count). The summed E-state index contributed by atoms with van der Waals surface area (Å²) in [5.74, 6) is 2.60. The van der Waals surface area contributed by atoms with E-state index in [4.69, 9.17) is 31.2 Å². The summed E-state index contributed by atoms with van der Waals surface area (Å²) in [5, 5.41) is 5.85. The van der Waals surface area contributed by atoms with Gasteiger partial charge in [0.25, 0.3) is 0 Å². The van der Waals surface area contributed by atoms with E-state index in [2.05, 4.69) is 38.2 Å². The molecule has 10 heteroatoms. The van der Waals surface area contributed by atoms with Crippen molar-refractivity contribution in [3.05, 3.63) is 75.0 Å². The molecule has 0 unspecified atom stereocenters. The Morgan fingerprint density at radius 3 is 2.46 bits per heavy atom. The van der Waals surface area contributed by atoms with Gasteiger partial charge >= 0.3 is 6.09 Å². The van der Waals surface area contributed by atoms with Crippen molar-refractivity contribution in [2.45, 2.75) is 20.1 Å². The standard InChI is InChI=1S/C25H26IN3O5S/c1-4-33-25(30)29-24(35)20-12-18(26)14-28-23(20)27-13-17-7-10-21(22(11-17)32-3)34-15-16-5-8-19(31-2)9-6-16/h5-12,14H,4,13,15H2,1-3H3,(H,27,28)(H,29,30,35). The van der Waals surface area contributed by atoms with Crippen LogP contribution >= 0.6 is 34.8 Å². The highest BCUT2D eigenvalue weighted by atomic mass is 127. The van der Waals surface area contributed by atoms with Crippen LogP contribution < -0.4 is 24.8 Å². The van der Waals surface area contributed by atoms with E-state index < -0.39 is 6.09 Å². The summed E-state index contributed by atoms with van der Waals surface area (Å²) in [6, 6.07) is 15.3. The number of pyridine rings is 1. The maximum atomic E-state index is 11.8. The maximum Gasteiger partial charge on any atom is 0.412 e. The molecule has 0 aliphatic rings. The Morgan fingerprint density at radius 1 is 1.03 bits per heavy atom. The topological polar surface area (TPSA) is 90.9 Å². The molecule has 0 aliphatic carbocycles. The van der Waals surface area contributed by atoms with Crippen LogP contribution in [-0.4, -0.2) is 36.9 Å². The van der Waals surface area contributed by atoms with Crippen molar-refractivity contribution in [1.82, 2.24) is 10.3 Å². The molecule has 3 aromatic rings. The van der Waals surface area contributed by atoms with E-state index >= 15 is 0 Å². The molecule has 1 aromatic heterocycles. The second-order valence-corrected chi connectivity index (χ2v) is 8.85. The Morgan fingerprint density at radius 2 is 1.77 bits per heavy atom. The average molecular weight is 607 g/mol. The number of nitrogens with one attached hydrogen (secondary N) is 2. The van der Waals surface area contributed by atoms with Crippen LogP contribution in [0.3, 0.4) is 0 Å². The van der Waals surface area contributed by atoms with Gasteiger partial charge in [-0.3, -0.25) is 5.32 Å².